The molecule has 0 fully saturated rings. The standard InChI is InChI=1S/C23H20Cl4N2O3/c1-3-31-23(30)20-13(2)29-22(27)18(21(20)14-4-7-16(24)8-5-14)11-28-32-12-15-6-9-17(25)10-19(15)26/h4-11,21,28H,3,12H2,1-2H3/b18-11-. The minimum atomic E-state index is -0.522. The largest absolute Gasteiger partial charge is 0.463 e. The summed E-state index contributed by atoms with van der Waals surface area (Å²) in [7, 11) is 0. The fourth-order valence-corrected chi connectivity index (χ4v) is 4.12. The zero-order valence-corrected chi connectivity index (χ0v) is 20.3. The van der Waals surface area contributed by atoms with Gasteiger partial charge >= 0.3 is 5.97 Å². The number of benzene rings is 2. The molecule has 2 aromatic rings. The third kappa shape index (κ3) is 5.85. The summed E-state index contributed by atoms with van der Waals surface area (Å²) in [6, 6.07) is 12.3. The lowest BCUT2D eigenvalue weighted by atomic mass is 9.82. The maximum Gasteiger partial charge on any atom is 0.336 e. The van der Waals surface area contributed by atoms with Crippen molar-refractivity contribution in [2.45, 2.75) is 26.4 Å². The highest BCUT2D eigenvalue weighted by Crippen LogP contribution is 2.40. The van der Waals surface area contributed by atoms with Crippen molar-refractivity contribution in [2.75, 3.05) is 6.61 Å². The minimum absolute atomic E-state index is 0.180. The van der Waals surface area contributed by atoms with E-state index in [2.05, 4.69) is 10.5 Å². The molecule has 0 aliphatic carbocycles. The van der Waals surface area contributed by atoms with Gasteiger partial charge in [-0.05, 0) is 49.2 Å². The highest BCUT2D eigenvalue weighted by atomic mass is 35.5. The van der Waals surface area contributed by atoms with Crippen LogP contribution in [0.4, 0.5) is 0 Å². The van der Waals surface area contributed by atoms with Gasteiger partial charge in [0.25, 0.3) is 0 Å². The van der Waals surface area contributed by atoms with Gasteiger partial charge in [-0.3, -0.25) is 10.3 Å². The molecule has 9 heteroatoms. The topological polar surface area (TPSA) is 59.9 Å². The van der Waals surface area contributed by atoms with Crippen molar-refractivity contribution in [1.82, 2.24) is 5.48 Å². The molecule has 3 rings (SSSR count). The molecular weight excluding hydrogens is 494 g/mol. The first-order valence-corrected chi connectivity index (χ1v) is 11.2. The molecule has 168 valence electrons. The number of carbonyl (C=O) groups is 1. The van der Waals surface area contributed by atoms with Crippen LogP contribution in [0.5, 0.6) is 0 Å². The molecule has 2 aromatic carbocycles. The molecule has 1 aliphatic rings. The average molecular weight is 514 g/mol. The summed E-state index contributed by atoms with van der Waals surface area (Å²) in [5.74, 6) is -0.982. The third-order valence-electron chi connectivity index (χ3n) is 4.73. The predicted octanol–water partition coefficient (Wildman–Crippen LogP) is 6.82. The Hall–Kier alpha value is -2.02. The van der Waals surface area contributed by atoms with Crippen molar-refractivity contribution in [2.24, 2.45) is 4.99 Å². The van der Waals surface area contributed by atoms with E-state index in [1.54, 1.807) is 50.4 Å². The normalized spacial score (nSPS) is 17.4. The van der Waals surface area contributed by atoms with Crippen LogP contribution in [0.2, 0.25) is 15.1 Å². The van der Waals surface area contributed by atoms with Crippen LogP contribution in [0, 0.1) is 0 Å². The van der Waals surface area contributed by atoms with E-state index in [1.165, 1.54) is 0 Å². The van der Waals surface area contributed by atoms with Crippen LogP contribution in [0.15, 0.2) is 70.5 Å². The summed E-state index contributed by atoms with van der Waals surface area (Å²) in [4.78, 5) is 22.7. The number of hydroxylamine groups is 1. The van der Waals surface area contributed by atoms with Gasteiger partial charge in [0.15, 0.2) is 0 Å². The Balaban J connectivity index is 1.90. The molecule has 1 heterocycles. The van der Waals surface area contributed by atoms with Gasteiger partial charge in [-0.2, -0.15) is 0 Å². The van der Waals surface area contributed by atoms with Crippen LogP contribution in [0.25, 0.3) is 0 Å². The van der Waals surface area contributed by atoms with Gasteiger partial charge in [0.2, 0.25) is 0 Å². The number of nitrogens with zero attached hydrogens (tertiary/aromatic N) is 1. The van der Waals surface area contributed by atoms with Crippen molar-refractivity contribution < 1.29 is 14.4 Å². The molecule has 5 nitrogen and oxygen atoms in total. The number of allylic oxidation sites excluding steroid dienone is 2. The molecule has 0 saturated carbocycles. The second-order valence-electron chi connectivity index (χ2n) is 6.85. The third-order valence-corrected chi connectivity index (χ3v) is 5.87. The monoisotopic (exact) mass is 512 g/mol. The average Bonchev–Trinajstić information content (AvgIpc) is 2.74. The molecule has 1 atom stereocenters. The molecule has 1 N–H and O–H groups in total. The Morgan fingerprint density at radius 2 is 1.78 bits per heavy atom. The van der Waals surface area contributed by atoms with E-state index < -0.39 is 11.9 Å². The van der Waals surface area contributed by atoms with E-state index in [4.69, 9.17) is 56.0 Å². The Morgan fingerprint density at radius 3 is 2.44 bits per heavy atom. The number of hydrogen-bond donors (Lipinski definition) is 1. The van der Waals surface area contributed by atoms with Crippen molar-refractivity contribution in [3.8, 4) is 0 Å². The summed E-state index contributed by atoms with van der Waals surface area (Å²) in [5.41, 5.74) is 5.76. The van der Waals surface area contributed by atoms with Gasteiger partial charge in [0.05, 0.1) is 17.9 Å². The van der Waals surface area contributed by atoms with E-state index >= 15 is 0 Å². The van der Waals surface area contributed by atoms with E-state index in [0.717, 1.165) is 11.1 Å². The summed E-state index contributed by atoms with van der Waals surface area (Å²) >= 11 is 24.6. The van der Waals surface area contributed by atoms with E-state index in [1.807, 2.05) is 12.1 Å². The van der Waals surface area contributed by atoms with Gasteiger partial charge in [-0.15, -0.1) is 0 Å². The molecule has 0 amide bonds. The van der Waals surface area contributed by atoms with Crippen molar-refractivity contribution >= 4 is 57.5 Å². The van der Waals surface area contributed by atoms with Gasteiger partial charge < -0.3 is 4.74 Å². The Morgan fingerprint density at radius 1 is 1.09 bits per heavy atom. The Labute approximate surface area is 206 Å². The lowest BCUT2D eigenvalue weighted by Crippen LogP contribution is -2.25. The molecule has 0 aromatic heterocycles. The fraction of sp³-hybridized carbons (Fsp3) is 0.217. The number of halogens is 4. The highest BCUT2D eigenvalue weighted by molar-refractivity contribution is 6.70. The zero-order chi connectivity index (χ0) is 23.3. The van der Waals surface area contributed by atoms with E-state index in [-0.39, 0.29) is 18.4 Å². The van der Waals surface area contributed by atoms with Gasteiger partial charge in [-0.25, -0.2) is 9.79 Å². The maximum atomic E-state index is 12.8. The first-order valence-electron chi connectivity index (χ1n) is 9.71. The lowest BCUT2D eigenvalue weighted by Gasteiger charge is -2.27. The number of ether oxygens (including phenoxy) is 1. The van der Waals surface area contributed by atoms with Crippen molar-refractivity contribution in [3.63, 3.8) is 0 Å². The van der Waals surface area contributed by atoms with Crippen molar-refractivity contribution in [1.29, 1.82) is 0 Å². The smallest absolute Gasteiger partial charge is 0.336 e. The van der Waals surface area contributed by atoms with Crippen LogP contribution in [0.3, 0.4) is 0 Å². The Kier molecular flexibility index (Phi) is 8.63. The summed E-state index contributed by atoms with van der Waals surface area (Å²) in [6.07, 6.45) is 1.57. The molecule has 0 radical (unpaired) electrons. The van der Waals surface area contributed by atoms with Crippen LogP contribution in [0.1, 0.15) is 30.9 Å². The van der Waals surface area contributed by atoms with Crippen LogP contribution in [-0.4, -0.2) is 17.7 Å². The minimum Gasteiger partial charge on any atom is -0.463 e. The number of aliphatic imine (C=N–C) groups is 1. The Bertz CT molecular complexity index is 1090. The van der Waals surface area contributed by atoms with Gasteiger partial charge in [0.1, 0.15) is 11.8 Å². The maximum absolute atomic E-state index is 12.8. The molecule has 0 spiro atoms. The second-order valence-corrected chi connectivity index (χ2v) is 8.49. The summed E-state index contributed by atoms with van der Waals surface area (Å²) in [6.45, 7) is 3.89. The molecule has 32 heavy (non-hydrogen) atoms. The first kappa shape index (κ1) is 24.6. The molecule has 0 bridgehead atoms. The highest BCUT2D eigenvalue weighted by Gasteiger charge is 2.34. The first-order chi connectivity index (χ1) is 15.3. The van der Waals surface area contributed by atoms with Crippen LogP contribution >= 0.6 is 46.4 Å². The number of esters is 1. The van der Waals surface area contributed by atoms with Crippen LogP contribution in [-0.2, 0) is 21.0 Å². The second kappa shape index (κ2) is 11.2. The summed E-state index contributed by atoms with van der Waals surface area (Å²) in [5, 5.41) is 1.84. The predicted molar refractivity (Wildman–Crippen MR) is 129 cm³/mol. The number of nitrogens with one attached hydrogen (secondary N) is 1. The molecular formula is C23H20Cl4N2O3. The van der Waals surface area contributed by atoms with Gasteiger partial charge in [-0.1, -0.05) is 64.6 Å². The molecule has 1 aliphatic heterocycles. The number of hydrogen-bond acceptors (Lipinski definition) is 5. The summed E-state index contributed by atoms with van der Waals surface area (Å²) < 4.78 is 5.28. The van der Waals surface area contributed by atoms with Crippen molar-refractivity contribution in [3.05, 3.63) is 91.7 Å². The number of carbonyl (C=O) groups excluding carboxylic acids is 1. The quantitative estimate of drug-likeness (QED) is 0.250. The zero-order valence-electron chi connectivity index (χ0n) is 17.3. The molecule has 0 saturated heterocycles. The van der Waals surface area contributed by atoms with Crippen LogP contribution < -0.4 is 5.48 Å². The van der Waals surface area contributed by atoms with E-state index in [9.17, 15) is 4.79 Å². The molecule has 1 unspecified atom stereocenters. The van der Waals surface area contributed by atoms with Gasteiger partial charge in [0, 0.05) is 32.8 Å². The fourth-order valence-electron chi connectivity index (χ4n) is 3.24. The van der Waals surface area contributed by atoms with E-state index in [0.29, 0.717) is 31.9 Å². The number of rotatable bonds is 7. The lowest BCUT2D eigenvalue weighted by molar-refractivity contribution is -0.138. The SMILES string of the molecule is CCOC(=O)C1=C(C)N=C(Cl)/C(=C\NOCc2ccc(Cl)cc2Cl)C1c1ccc(Cl)cc1.